The molecule has 0 atom stereocenters. The largest absolute Gasteiger partial charge is 0.271 e. The SMILES string of the molecule is O=C(N/N=C/c1cncc(Br)c1)c1ccc(-c2ccc(C(=O)N/N=C/c3cncc(Br)c3)cc2)cc1. The van der Waals surface area contributed by atoms with Crippen LogP contribution >= 0.6 is 31.9 Å². The normalized spacial score (nSPS) is 11.1. The van der Waals surface area contributed by atoms with Gasteiger partial charge in [-0.05, 0) is 79.4 Å². The quantitative estimate of drug-likeness (QED) is 0.223. The molecule has 2 heterocycles. The highest BCUT2D eigenvalue weighted by molar-refractivity contribution is 9.10. The van der Waals surface area contributed by atoms with E-state index in [1.165, 1.54) is 12.4 Å². The lowest BCUT2D eigenvalue weighted by Crippen LogP contribution is -2.17. The van der Waals surface area contributed by atoms with Gasteiger partial charge in [0.25, 0.3) is 11.8 Å². The van der Waals surface area contributed by atoms with E-state index in [1.54, 1.807) is 49.1 Å². The van der Waals surface area contributed by atoms with Gasteiger partial charge in [0.15, 0.2) is 0 Å². The molecule has 0 fully saturated rings. The number of carbonyl (C=O) groups is 2. The van der Waals surface area contributed by atoms with Crippen LogP contribution in [0.2, 0.25) is 0 Å². The summed E-state index contributed by atoms with van der Waals surface area (Å²) in [6.07, 6.45) is 9.64. The van der Waals surface area contributed by atoms with Crippen molar-refractivity contribution in [1.29, 1.82) is 0 Å². The second kappa shape index (κ2) is 12.1. The van der Waals surface area contributed by atoms with Crippen molar-refractivity contribution in [3.63, 3.8) is 0 Å². The first kappa shape index (κ1) is 25.1. The van der Waals surface area contributed by atoms with Crippen molar-refractivity contribution in [1.82, 2.24) is 20.8 Å². The molecule has 4 aromatic rings. The van der Waals surface area contributed by atoms with Crippen molar-refractivity contribution in [2.24, 2.45) is 10.2 Å². The Morgan fingerprint density at radius 1 is 0.639 bits per heavy atom. The van der Waals surface area contributed by atoms with Crippen molar-refractivity contribution >= 4 is 56.1 Å². The van der Waals surface area contributed by atoms with Gasteiger partial charge in [0.1, 0.15) is 0 Å². The second-order valence-electron chi connectivity index (χ2n) is 7.43. The monoisotopic (exact) mass is 604 g/mol. The minimum atomic E-state index is -0.327. The molecule has 0 radical (unpaired) electrons. The Kier molecular flexibility index (Phi) is 8.43. The van der Waals surface area contributed by atoms with Crippen LogP contribution in [-0.4, -0.2) is 34.2 Å². The maximum Gasteiger partial charge on any atom is 0.271 e. The fourth-order valence-electron chi connectivity index (χ4n) is 3.09. The van der Waals surface area contributed by atoms with Crippen molar-refractivity contribution in [2.45, 2.75) is 0 Å². The Morgan fingerprint density at radius 3 is 1.39 bits per heavy atom. The predicted octanol–water partition coefficient (Wildman–Crippen LogP) is 5.20. The smallest absolute Gasteiger partial charge is 0.267 e. The third-order valence-corrected chi connectivity index (χ3v) is 5.71. The molecular formula is C26H18Br2N6O2. The topological polar surface area (TPSA) is 109 Å². The van der Waals surface area contributed by atoms with E-state index in [1.807, 2.05) is 36.4 Å². The first-order valence-corrected chi connectivity index (χ1v) is 12.1. The molecule has 2 N–H and O–H groups in total. The van der Waals surface area contributed by atoms with Gasteiger partial charge in [-0.15, -0.1) is 0 Å². The van der Waals surface area contributed by atoms with Gasteiger partial charge >= 0.3 is 0 Å². The average molecular weight is 606 g/mol. The summed E-state index contributed by atoms with van der Waals surface area (Å²) >= 11 is 6.67. The summed E-state index contributed by atoms with van der Waals surface area (Å²) in [6.45, 7) is 0. The molecule has 2 aromatic heterocycles. The lowest BCUT2D eigenvalue weighted by molar-refractivity contribution is 0.0947. The summed E-state index contributed by atoms with van der Waals surface area (Å²) in [5.41, 5.74) is 9.26. The third-order valence-electron chi connectivity index (χ3n) is 4.84. The van der Waals surface area contributed by atoms with Crippen molar-refractivity contribution < 1.29 is 9.59 Å². The number of carbonyl (C=O) groups excluding carboxylic acids is 2. The maximum absolute atomic E-state index is 12.4. The van der Waals surface area contributed by atoms with Crippen LogP contribution in [0.5, 0.6) is 0 Å². The minimum absolute atomic E-state index is 0.327. The highest BCUT2D eigenvalue weighted by atomic mass is 79.9. The van der Waals surface area contributed by atoms with Crippen LogP contribution in [0.15, 0.2) is 105 Å². The Labute approximate surface area is 223 Å². The van der Waals surface area contributed by atoms with Gasteiger partial charge in [0, 0.05) is 56.0 Å². The summed E-state index contributed by atoms with van der Waals surface area (Å²) < 4.78 is 1.65. The number of aromatic nitrogens is 2. The van der Waals surface area contributed by atoms with E-state index in [9.17, 15) is 9.59 Å². The van der Waals surface area contributed by atoms with E-state index in [0.717, 1.165) is 31.2 Å². The standard InChI is InChI=1S/C26H18Br2N6O2/c27-23-9-17(11-29-15-23)13-31-33-25(35)21-5-1-19(2-6-21)20-3-7-22(8-4-20)26(36)34-32-14-18-10-24(28)16-30-12-18/h1-16H,(H,33,35)(H,34,36)/b31-13+,32-14+. The highest BCUT2D eigenvalue weighted by Gasteiger charge is 2.07. The molecular weight excluding hydrogens is 588 g/mol. The van der Waals surface area contributed by atoms with E-state index in [4.69, 9.17) is 0 Å². The molecule has 8 nitrogen and oxygen atoms in total. The second-order valence-corrected chi connectivity index (χ2v) is 9.26. The minimum Gasteiger partial charge on any atom is -0.267 e. The summed E-state index contributed by atoms with van der Waals surface area (Å²) in [6, 6.07) is 17.9. The zero-order chi connectivity index (χ0) is 25.3. The fourth-order valence-corrected chi connectivity index (χ4v) is 3.85. The number of rotatable bonds is 7. The van der Waals surface area contributed by atoms with Crippen molar-refractivity contribution in [3.8, 4) is 11.1 Å². The van der Waals surface area contributed by atoms with E-state index >= 15 is 0 Å². The van der Waals surface area contributed by atoms with Gasteiger partial charge in [-0.2, -0.15) is 10.2 Å². The first-order chi connectivity index (χ1) is 17.5. The number of hydrazone groups is 2. The molecule has 2 amide bonds. The third kappa shape index (κ3) is 7.00. The summed E-state index contributed by atoms with van der Waals surface area (Å²) in [4.78, 5) is 32.8. The zero-order valence-corrected chi connectivity index (χ0v) is 21.8. The number of halogens is 2. The average Bonchev–Trinajstić information content (AvgIpc) is 2.89. The number of nitrogens with one attached hydrogen (secondary N) is 2. The van der Waals surface area contributed by atoms with Gasteiger partial charge in [0.2, 0.25) is 0 Å². The van der Waals surface area contributed by atoms with Crippen molar-refractivity contribution in [2.75, 3.05) is 0 Å². The Balaban J connectivity index is 1.33. The van der Waals surface area contributed by atoms with E-state index in [0.29, 0.717) is 11.1 Å². The van der Waals surface area contributed by atoms with Gasteiger partial charge < -0.3 is 0 Å². The number of nitrogens with zero attached hydrogens (tertiary/aromatic N) is 4. The maximum atomic E-state index is 12.4. The van der Waals surface area contributed by atoms with Crippen LogP contribution in [-0.2, 0) is 0 Å². The molecule has 2 aromatic carbocycles. The summed E-state index contributed by atoms with van der Waals surface area (Å²) in [5.74, 6) is -0.654. The molecule has 0 bridgehead atoms. The summed E-state index contributed by atoms with van der Waals surface area (Å²) in [5, 5.41) is 7.94. The summed E-state index contributed by atoms with van der Waals surface area (Å²) in [7, 11) is 0. The molecule has 0 aliphatic rings. The van der Waals surface area contributed by atoms with Crippen LogP contribution in [0.4, 0.5) is 0 Å². The molecule has 178 valence electrons. The van der Waals surface area contributed by atoms with E-state index in [-0.39, 0.29) is 11.8 Å². The van der Waals surface area contributed by atoms with Gasteiger partial charge in [-0.3, -0.25) is 19.6 Å². The number of pyridine rings is 2. The molecule has 0 spiro atoms. The Hall–Kier alpha value is -4.02. The number of amides is 2. The lowest BCUT2D eigenvalue weighted by atomic mass is 10.0. The predicted molar refractivity (Wildman–Crippen MR) is 146 cm³/mol. The van der Waals surface area contributed by atoms with Crippen molar-refractivity contribution in [3.05, 3.63) is 117 Å². The van der Waals surface area contributed by atoms with Gasteiger partial charge in [0.05, 0.1) is 12.4 Å². The number of hydrogen-bond donors (Lipinski definition) is 2. The highest BCUT2D eigenvalue weighted by Crippen LogP contribution is 2.20. The lowest BCUT2D eigenvalue weighted by Gasteiger charge is -2.05. The van der Waals surface area contributed by atoms with E-state index in [2.05, 4.69) is 62.9 Å². The fraction of sp³-hybridized carbons (Fsp3) is 0. The van der Waals surface area contributed by atoms with E-state index < -0.39 is 0 Å². The van der Waals surface area contributed by atoms with Crippen LogP contribution < -0.4 is 10.9 Å². The molecule has 36 heavy (non-hydrogen) atoms. The molecule has 4 rings (SSSR count). The zero-order valence-electron chi connectivity index (χ0n) is 18.6. The molecule has 0 saturated heterocycles. The number of benzene rings is 2. The Morgan fingerprint density at radius 2 is 1.03 bits per heavy atom. The molecule has 0 saturated carbocycles. The van der Waals surface area contributed by atoms with Crippen LogP contribution in [0.3, 0.4) is 0 Å². The molecule has 0 aliphatic heterocycles. The van der Waals surface area contributed by atoms with Crippen LogP contribution in [0.25, 0.3) is 11.1 Å². The Bertz CT molecular complexity index is 1330. The molecule has 0 unspecified atom stereocenters. The van der Waals surface area contributed by atoms with Gasteiger partial charge in [-0.25, -0.2) is 10.9 Å². The number of hydrogen-bond acceptors (Lipinski definition) is 6. The first-order valence-electron chi connectivity index (χ1n) is 10.6. The molecule has 0 aliphatic carbocycles. The van der Waals surface area contributed by atoms with Crippen LogP contribution in [0, 0.1) is 0 Å². The van der Waals surface area contributed by atoms with Crippen LogP contribution in [0.1, 0.15) is 31.8 Å². The molecule has 10 heteroatoms. The van der Waals surface area contributed by atoms with Gasteiger partial charge in [-0.1, -0.05) is 24.3 Å².